The number of hydrogen-bond donors (Lipinski definition) is 1. The van der Waals surface area contributed by atoms with Crippen molar-refractivity contribution in [2.24, 2.45) is 5.14 Å². The van der Waals surface area contributed by atoms with E-state index >= 15 is 0 Å². The van der Waals surface area contributed by atoms with Crippen molar-refractivity contribution in [3.63, 3.8) is 0 Å². The quantitative estimate of drug-likeness (QED) is 0.872. The van der Waals surface area contributed by atoms with Crippen LogP contribution in [0.15, 0.2) is 53.4 Å². The van der Waals surface area contributed by atoms with Crippen molar-refractivity contribution < 1.29 is 8.42 Å². The first-order chi connectivity index (χ1) is 11.2. The summed E-state index contributed by atoms with van der Waals surface area (Å²) in [6.07, 6.45) is 0. The van der Waals surface area contributed by atoms with Crippen molar-refractivity contribution in [2.75, 3.05) is 26.0 Å². The van der Waals surface area contributed by atoms with Gasteiger partial charge in [0.1, 0.15) is 0 Å². The topological polar surface area (TPSA) is 66.6 Å². The molecule has 6 heteroatoms. The fourth-order valence-electron chi connectivity index (χ4n) is 2.69. The molecule has 0 aromatic heterocycles. The Balaban J connectivity index is 2.23. The molecule has 1 unspecified atom stereocenters. The normalized spacial score (nSPS) is 13.1. The van der Waals surface area contributed by atoms with E-state index in [1.165, 1.54) is 17.3 Å². The van der Waals surface area contributed by atoms with Crippen LogP contribution in [0, 0.1) is 0 Å². The Bertz CT molecular complexity index is 803. The second kappa shape index (κ2) is 7.34. The van der Waals surface area contributed by atoms with Crippen molar-refractivity contribution in [3.8, 4) is 0 Å². The summed E-state index contributed by atoms with van der Waals surface area (Å²) < 4.78 is 23.1. The minimum Gasteiger partial charge on any atom is -0.377 e. The van der Waals surface area contributed by atoms with Crippen LogP contribution >= 0.6 is 0 Å². The SMILES string of the molecule is CC(c1cccc(S(N)(=O)=O)c1)N(C)Cc1ccccc1N(C)C. The van der Waals surface area contributed by atoms with Gasteiger partial charge < -0.3 is 4.90 Å². The van der Waals surface area contributed by atoms with Gasteiger partial charge in [-0.2, -0.15) is 0 Å². The van der Waals surface area contributed by atoms with Gasteiger partial charge in [-0.15, -0.1) is 0 Å². The molecule has 0 bridgehead atoms. The van der Waals surface area contributed by atoms with E-state index in [4.69, 9.17) is 5.14 Å². The number of rotatable bonds is 6. The van der Waals surface area contributed by atoms with Crippen molar-refractivity contribution in [1.29, 1.82) is 0 Å². The maximum absolute atomic E-state index is 11.5. The van der Waals surface area contributed by atoms with E-state index in [2.05, 4.69) is 28.9 Å². The maximum Gasteiger partial charge on any atom is 0.238 e. The smallest absolute Gasteiger partial charge is 0.238 e. The highest BCUT2D eigenvalue weighted by Crippen LogP contribution is 2.26. The molecule has 2 N–H and O–H groups in total. The summed E-state index contributed by atoms with van der Waals surface area (Å²) in [5.41, 5.74) is 3.32. The number of sulfonamides is 1. The highest BCUT2D eigenvalue weighted by molar-refractivity contribution is 7.89. The third kappa shape index (κ3) is 4.35. The fraction of sp³-hybridized carbons (Fsp3) is 0.333. The van der Waals surface area contributed by atoms with E-state index < -0.39 is 10.0 Å². The summed E-state index contributed by atoms with van der Waals surface area (Å²) in [4.78, 5) is 4.42. The van der Waals surface area contributed by atoms with Crippen molar-refractivity contribution in [2.45, 2.75) is 24.4 Å². The molecular formula is C18H25N3O2S. The van der Waals surface area contributed by atoms with Gasteiger partial charge in [0.2, 0.25) is 10.0 Å². The molecule has 2 aromatic carbocycles. The zero-order valence-corrected chi connectivity index (χ0v) is 15.4. The van der Waals surface area contributed by atoms with Crippen molar-refractivity contribution in [1.82, 2.24) is 4.90 Å². The van der Waals surface area contributed by atoms with Gasteiger partial charge in [0, 0.05) is 32.4 Å². The summed E-state index contributed by atoms with van der Waals surface area (Å²) in [5.74, 6) is 0. The van der Waals surface area contributed by atoms with Gasteiger partial charge in [-0.1, -0.05) is 30.3 Å². The maximum atomic E-state index is 11.5. The van der Waals surface area contributed by atoms with Crippen LogP contribution in [0.25, 0.3) is 0 Å². The molecule has 0 heterocycles. The Kier molecular flexibility index (Phi) is 5.64. The monoisotopic (exact) mass is 347 g/mol. The highest BCUT2D eigenvalue weighted by Gasteiger charge is 2.16. The average Bonchev–Trinajstić information content (AvgIpc) is 2.53. The second-order valence-corrected chi connectivity index (χ2v) is 7.79. The zero-order chi connectivity index (χ0) is 17.9. The van der Waals surface area contributed by atoms with E-state index in [9.17, 15) is 8.42 Å². The van der Waals surface area contributed by atoms with Gasteiger partial charge in [-0.25, -0.2) is 13.6 Å². The number of hydrogen-bond acceptors (Lipinski definition) is 4. The van der Waals surface area contributed by atoms with Crippen LogP contribution < -0.4 is 10.0 Å². The van der Waals surface area contributed by atoms with Crippen LogP contribution in [0.1, 0.15) is 24.1 Å². The summed E-state index contributed by atoms with van der Waals surface area (Å²) in [5, 5.41) is 5.23. The molecule has 2 aromatic rings. The van der Waals surface area contributed by atoms with E-state index in [1.807, 2.05) is 39.3 Å². The minimum absolute atomic E-state index is 0.0573. The lowest BCUT2D eigenvalue weighted by Gasteiger charge is -2.27. The number of primary sulfonamides is 1. The zero-order valence-electron chi connectivity index (χ0n) is 14.6. The average molecular weight is 347 g/mol. The van der Waals surface area contributed by atoms with Crippen LogP contribution in [-0.2, 0) is 16.6 Å². The van der Waals surface area contributed by atoms with Gasteiger partial charge in [-0.3, -0.25) is 4.90 Å². The molecule has 0 aliphatic carbocycles. The highest BCUT2D eigenvalue weighted by atomic mass is 32.2. The molecule has 5 nitrogen and oxygen atoms in total. The van der Waals surface area contributed by atoms with Crippen LogP contribution in [-0.4, -0.2) is 34.5 Å². The lowest BCUT2D eigenvalue weighted by Crippen LogP contribution is -2.24. The fourth-order valence-corrected chi connectivity index (χ4v) is 3.26. The van der Waals surface area contributed by atoms with Crippen molar-refractivity contribution in [3.05, 3.63) is 59.7 Å². The predicted molar refractivity (Wildman–Crippen MR) is 98.5 cm³/mol. The first kappa shape index (κ1) is 18.4. The second-order valence-electron chi connectivity index (χ2n) is 6.23. The Morgan fingerprint density at radius 1 is 1.04 bits per heavy atom. The molecule has 1 atom stereocenters. The molecule has 0 aliphatic heterocycles. The number of benzene rings is 2. The van der Waals surface area contributed by atoms with Gasteiger partial charge in [0.15, 0.2) is 0 Å². The third-order valence-corrected chi connectivity index (χ3v) is 5.13. The molecule has 130 valence electrons. The molecule has 0 saturated carbocycles. The van der Waals surface area contributed by atoms with E-state index in [0.29, 0.717) is 0 Å². The Morgan fingerprint density at radius 3 is 2.33 bits per heavy atom. The molecule has 0 spiro atoms. The Morgan fingerprint density at radius 2 is 1.71 bits per heavy atom. The molecule has 0 amide bonds. The molecule has 0 radical (unpaired) electrons. The summed E-state index contributed by atoms with van der Waals surface area (Å²) in [6, 6.07) is 15.1. The largest absolute Gasteiger partial charge is 0.377 e. The van der Waals surface area contributed by atoms with Crippen LogP contribution in [0.3, 0.4) is 0 Å². The summed E-state index contributed by atoms with van der Waals surface area (Å²) >= 11 is 0. The lowest BCUT2D eigenvalue weighted by atomic mass is 10.1. The van der Waals surface area contributed by atoms with Gasteiger partial charge in [0.05, 0.1) is 4.90 Å². The molecule has 24 heavy (non-hydrogen) atoms. The molecule has 0 fully saturated rings. The minimum atomic E-state index is -3.69. The van der Waals surface area contributed by atoms with Crippen LogP contribution in [0.5, 0.6) is 0 Å². The van der Waals surface area contributed by atoms with Gasteiger partial charge in [0.25, 0.3) is 0 Å². The Labute approximate surface area is 144 Å². The first-order valence-electron chi connectivity index (χ1n) is 7.78. The number of anilines is 1. The van der Waals surface area contributed by atoms with E-state index in [-0.39, 0.29) is 10.9 Å². The molecule has 0 aliphatic rings. The molecular weight excluding hydrogens is 322 g/mol. The summed E-state index contributed by atoms with van der Waals surface area (Å²) in [6.45, 7) is 2.82. The standard InChI is InChI=1S/C18H25N3O2S/c1-14(15-9-7-10-17(12-15)24(19,22)23)21(4)13-16-8-5-6-11-18(16)20(2)3/h5-12,14H,13H2,1-4H3,(H2,19,22,23). The van der Waals surface area contributed by atoms with Gasteiger partial charge >= 0.3 is 0 Å². The first-order valence-corrected chi connectivity index (χ1v) is 9.33. The van der Waals surface area contributed by atoms with Gasteiger partial charge in [-0.05, 0) is 43.3 Å². The number of para-hydroxylation sites is 1. The van der Waals surface area contributed by atoms with Crippen LogP contribution in [0.4, 0.5) is 5.69 Å². The predicted octanol–water partition coefficient (Wildman–Crippen LogP) is 2.59. The van der Waals surface area contributed by atoms with Crippen LogP contribution in [0.2, 0.25) is 0 Å². The van der Waals surface area contributed by atoms with E-state index in [1.54, 1.807) is 12.1 Å². The summed E-state index contributed by atoms with van der Waals surface area (Å²) in [7, 11) is 2.39. The molecule has 2 rings (SSSR count). The van der Waals surface area contributed by atoms with E-state index in [0.717, 1.165) is 12.1 Å². The number of nitrogens with zero attached hydrogens (tertiary/aromatic N) is 2. The Hall–Kier alpha value is -1.89. The lowest BCUT2D eigenvalue weighted by molar-refractivity contribution is 0.253. The number of nitrogens with two attached hydrogens (primary N) is 1. The third-order valence-electron chi connectivity index (χ3n) is 4.22. The molecule has 0 saturated heterocycles. The van der Waals surface area contributed by atoms with Crippen molar-refractivity contribution >= 4 is 15.7 Å².